The Bertz CT molecular complexity index is 972. The fraction of sp³-hybridized carbons (Fsp3) is 0.353. The summed E-state index contributed by atoms with van der Waals surface area (Å²) in [5.74, 6) is 0.0873. The molecule has 3 rings (SSSR count). The quantitative estimate of drug-likeness (QED) is 0.833. The number of rotatable bonds is 3. The molecule has 0 saturated heterocycles. The number of hydrogen-bond acceptors (Lipinski definition) is 5. The van der Waals surface area contributed by atoms with Gasteiger partial charge in [-0.25, -0.2) is 9.98 Å². The van der Waals surface area contributed by atoms with Gasteiger partial charge in [0.15, 0.2) is 5.82 Å². The standard InChI is InChI=1S/C17H15F3N6O/c1-16(17(18,19)20)7-12-14(24-9-16)26(2)13(25-12)10-3-5-22-8-11(10)15(27)23-6-4-21/h3,5,8-9H,6-7H2,1-2H3,(H,23,27). The van der Waals surface area contributed by atoms with Crippen LogP contribution in [0.2, 0.25) is 0 Å². The Hall–Kier alpha value is -3.22. The van der Waals surface area contributed by atoms with Gasteiger partial charge in [-0.1, -0.05) is 0 Å². The number of amides is 1. The third-order valence-electron chi connectivity index (χ3n) is 4.42. The zero-order chi connectivity index (χ0) is 19.8. The zero-order valence-corrected chi connectivity index (χ0v) is 14.5. The fourth-order valence-corrected chi connectivity index (χ4v) is 2.82. The molecule has 0 aromatic carbocycles. The minimum absolute atomic E-state index is 0.167. The van der Waals surface area contributed by atoms with Crippen LogP contribution in [0.3, 0.4) is 0 Å². The number of carbonyl (C=O) groups is 1. The first-order valence-corrected chi connectivity index (χ1v) is 7.95. The van der Waals surface area contributed by atoms with Crippen LogP contribution < -0.4 is 5.32 Å². The van der Waals surface area contributed by atoms with Crippen molar-refractivity contribution in [2.75, 3.05) is 6.54 Å². The highest BCUT2D eigenvalue weighted by Crippen LogP contribution is 2.44. The minimum atomic E-state index is -4.45. The average molecular weight is 376 g/mol. The number of imidazole rings is 1. The zero-order valence-electron chi connectivity index (χ0n) is 14.5. The van der Waals surface area contributed by atoms with Crippen LogP contribution >= 0.6 is 0 Å². The van der Waals surface area contributed by atoms with Crippen molar-refractivity contribution < 1.29 is 18.0 Å². The number of pyridine rings is 1. The van der Waals surface area contributed by atoms with E-state index in [-0.39, 0.29) is 24.2 Å². The number of nitrogens with one attached hydrogen (secondary N) is 1. The number of alkyl halides is 3. The smallest absolute Gasteiger partial charge is 0.339 e. The SMILES string of the molecule is Cn1c(-c2ccncc2C(=O)NCC#N)nc2c1N=CC(C)(C(F)(F)F)C2. The van der Waals surface area contributed by atoms with Gasteiger partial charge in [-0.05, 0) is 13.0 Å². The van der Waals surface area contributed by atoms with Crippen molar-refractivity contribution in [2.24, 2.45) is 17.5 Å². The van der Waals surface area contributed by atoms with Crippen LogP contribution in [0.5, 0.6) is 0 Å². The molecular weight excluding hydrogens is 361 g/mol. The first-order chi connectivity index (χ1) is 12.7. The highest BCUT2D eigenvalue weighted by Gasteiger charge is 2.52. The number of fused-ring (bicyclic) bond motifs is 1. The number of aliphatic imine (C=N–C) groups is 1. The number of aromatic nitrogens is 3. The van der Waals surface area contributed by atoms with Crippen molar-refractivity contribution in [1.82, 2.24) is 19.9 Å². The molecule has 2 aromatic heterocycles. The summed E-state index contributed by atoms with van der Waals surface area (Å²) >= 11 is 0. The summed E-state index contributed by atoms with van der Waals surface area (Å²) in [5, 5.41) is 11.0. The highest BCUT2D eigenvalue weighted by atomic mass is 19.4. The molecule has 1 aliphatic heterocycles. The molecule has 0 spiro atoms. The molecule has 1 unspecified atom stereocenters. The minimum Gasteiger partial charge on any atom is -0.339 e. The van der Waals surface area contributed by atoms with E-state index in [0.29, 0.717) is 17.2 Å². The van der Waals surface area contributed by atoms with Crippen molar-refractivity contribution in [3.05, 3.63) is 29.7 Å². The molecule has 3 heterocycles. The normalized spacial score (nSPS) is 18.7. The van der Waals surface area contributed by atoms with Crippen LogP contribution in [0.25, 0.3) is 11.4 Å². The summed E-state index contributed by atoms with van der Waals surface area (Å²) in [6.07, 6.45) is -1.13. The van der Waals surface area contributed by atoms with Gasteiger partial charge in [-0.3, -0.25) is 9.78 Å². The monoisotopic (exact) mass is 376 g/mol. The lowest BCUT2D eigenvalue weighted by Crippen LogP contribution is -2.40. The second kappa shape index (κ2) is 6.50. The van der Waals surface area contributed by atoms with Crippen LogP contribution in [0.15, 0.2) is 23.5 Å². The Balaban J connectivity index is 2.05. The van der Waals surface area contributed by atoms with E-state index in [0.717, 1.165) is 13.1 Å². The third-order valence-corrected chi connectivity index (χ3v) is 4.42. The van der Waals surface area contributed by atoms with Crippen molar-refractivity contribution in [3.63, 3.8) is 0 Å². The van der Waals surface area contributed by atoms with Gasteiger partial charge < -0.3 is 9.88 Å². The van der Waals surface area contributed by atoms with Gasteiger partial charge in [0.25, 0.3) is 5.91 Å². The Kier molecular flexibility index (Phi) is 4.47. The average Bonchev–Trinajstić information content (AvgIpc) is 2.94. The van der Waals surface area contributed by atoms with E-state index >= 15 is 0 Å². The summed E-state index contributed by atoms with van der Waals surface area (Å²) in [6.45, 7) is 0.888. The van der Waals surface area contributed by atoms with Gasteiger partial charge >= 0.3 is 6.18 Å². The predicted molar refractivity (Wildman–Crippen MR) is 90.4 cm³/mol. The van der Waals surface area contributed by atoms with Gasteiger partial charge in [-0.2, -0.15) is 18.4 Å². The van der Waals surface area contributed by atoms with E-state index in [1.807, 2.05) is 0 Å². The third kappa shape index (κ3) is 3.16. The predicted octanol–water partition coefficient (Wildman–Crippen LogP) is 2.56. The molecule has 27 heavy (non-hydrogen) atoms. The molecule has 2 aromatic rings. The van der Waals surface area contributed by atoms with Gasteiger partial charge in [-0.15, -0.1) is 0 Å². The summed E-state index contributed by atoms with van der Waals surface area (Å²) < 4.78 is 41.5. The number of nitriles is 1. The molecular formula is C17H15F3N6O. The van der Waals surface area contributed by atoms with Crippen LogP contribution in [0.1, 0.15) is 23.0 Å². The molecule has 0 saturated carbocycles. The Morgan fingerprint density at radius 2 is 2.22 bits per heavy atom. The first kappa shape index (κ1) is 18.6. The molecule has 1 atom stereocenters. The van der Waals surface area contributed by atoms with Crippen LogP contribution in [-0.2, 0) is 13.5 Å². The lowest BCUT2D eigenvalue weighted by molar-refractivity contribution is -0.190. The van der Waals surface area contributed by atoms with E-state index in [1.54, 1.807) is 19.2 Å². The van der Waals surface area contributed by atoms with Crippen molar-refractivity contribution in [2.45, 2.75) is 19.5 Å². The summed E-state index contributed by atoms with van der Waals surface area (Å²) in [7, 11) is 1.62. The van der Waals surface area contributed by atoms with Crippen molar-refractivity contribution >= 4 is 17.9 Å². The van der Waals surface area contributed by atoms with E-state index in [2.05, 4.69) is 20.3 Å². The van der Waals surface area contributed by atoms with Gasteiger partial charge in [0.05, 0.1) is 17.3 Å². The molecule has 10 heteroatoms. The van der Waals surface area contributed by atoms with Crippen LogP contribution in [0.4, 0.5) is 19.0 Å². The first-order valence-electron chi connectivity index (χ1n) is 7.95. The summed E-state index contributed by atoms with van der Waals surface area (Å²) in [6, 6.07) is 3.35. The fourth-order valence-electron chi connectivity index (χ4n) is 2.82. The number of hydrogen-bond donors (Lipinski definition) is 1. The van der Waals surface area contributed by atoms with Crippen molar-refractivity contribution in [1.29, 1.82) is 5.26 Å². The molecule has 0 aliphatic carbocycles. The lowest BCUT2D eigenvalue weighted by Gasteiger charge is -2.29. The molecule has 0 fully saturated rings. The molecule has 0 bridgehead atoms. The van der Waals surface area contributed by atoms with E-state index in [9.17, 15) is 18.0 Å². The van der Waals surface area contributed by atoms with Crippen LogP contribution in [0, 0.1) is 16.7 Å². The number of halogens is 3. The molecule has 1 aliphatic rings. The second-order valence-electron chi connectivity index (χ2n) is 6.38. The summed E-state index contributed by atoms with van der Waals surface area (Å²) in [5.41, 5.74) is -1.34. The maximum atomic E-state index is 13.3. The van der Waals surface area contributed by atoms with E-state index < -0.39 is 17.5 Å². The molecule has 0 radical (unpaired) electrons. The van der Waals surface area contributed by atoms with E-state index in [1.165, 1.54) is 17.0 Å². The maximum absolute atomic E-state index is 13.3. The lowest BCUT2D eigenvalue weighted by atomic mass is 9.84. The Morgan fingerprint density at radius 1 is 1.48 bits per heavy atom. The topological polar surface area (TPSA) is 96.0 Å². The number of carbonyl (C=O) groups excluding carboxylic acids is 1. The molecule has 140 valence electrons. The van der Waals surface area contributed by atoms with Crippen LogP contribution in [-0.4, -0.2) is 39.4 Å². The molecule has 1 N–H and O–H groups in total. The Labute approximate surface area is 152 Å². The summed E-state index contributed by atoms with van der Waals surface area (Å²) in [4.78, 5) is 24.5. The van der Waals surface area contributed by atoms with Gasteiger partial charge in [0.2, 0.25) is 0 Å². The molecule has 7 nitrogen and oxygen atoms in total. The maximum Gasteiger partial charge on any atom is 0.399 e. The molecule has 1 amide bonds. The largest absolute Gasteiger partial charge is 0.399 e. The van der Waals surface area contributed by atoms with Crippen molar-refractivity contribution in [3.8, 4) is 17.5 Å². The number of nitrogens with zero attached hydrogens (tertiary/aromatic N) is 5. The van der Waals surface area contributed by atoms with Gasteiger partial charge in [0.1, 0.15) is 17.8 Å². The van der Waals surface area contributed by atoms with Gasteiger partial charge in [0, 0.05) is 37.6 Å². The Morgan fingerprint density at radius 3 is 2.89 bits per heavy atom. The second-order valence-corrected chi connectivity index (χ2v) is 6.38. The van der Waals surface area contributed by atoms with E-state index in [4.69, 9.17) is 5.26 Å². The highest BCUT2D eigenvalue weighted by molar-refractivity contribution is 6.00.